The van der Waals surface area contributed by atoms with Crippen molar-refractivity contribution < 1.29 is 19.1 Å². The number of anilines is 2. The molecular weight excluding hydrogens is 472 g/mol. The number of ether oxygens (including phenoxy) is 1. The highest BCUT2D eigenvalue weighted by atomic mass is 32.1. The second-order valence-electron chi connectivity index (χ2n) is 10.2. The van der Waals surface area contributed by atoms with Crippen LogP contribution in [0.2, 0.25) is 0 Å². The molecule has 6 nitrogen and oxygen atoms in total. The number of aryl methyl sites for hydroxylation is 1. The third-order valence-electron chi connectivity index (χ3n) is 6.43. The van der Waals surface area contributed by atoms with E-state index in [0.717, 1.165) is 21.7 Å². The monoisotopic (exact) mass is 504 g/mol. The highest BCUT2D eigenvalue weighted by Crippen LogP contribution is 2.42. The van der Waals surface area contributed by atoms with Crippen molar-refractivity contribution >= 4 is 40.5 Å². The van der Waals surface area contributed by atoms with E-state index in [-0.39, 0.29) is 24.3 Å². The summed E-state index contributed by atoms with van der Waals surface area (Å²) in [6, 6.07) is 18.7. The number of rotatable bonds is 6. The SMILES string of the molecule is Cc1ccc(N2C(=O)CC[C@@H](C(=O)OCC(=O)Nc3ccc(C(C)(C)C)cc3)[C@H]2c2cccs2)cc1. The fourth-order valence-corrected chi connectivity index (χ4v) is 5.31. The molecule has 2 atom stereocenters. The summed E-state index contributed by atoms with van der Waals surface area (Å²) in [5.74, 6) is -1.47. The highest BCUT2D eigenvalue weighted by molar-refractivity contribution is 7.10. The molecule has 1 aliphatic heterocycles. The molecule has 0 aliphatic carbocycles. The second kappa shape index (κ2) is 10.7. The summed E-state index contributed by atoms with van der Waals surface area (Å²) in [5.41, 5.74) is 3.67. The van der Waals surface area contributed by atoms with Gasteiger partial charge in [0.05, 0.1) is 12.0 Å². The molecule has 0 radical (unpaired) electrons. The normalized spacial score (nSPS) is 18.1. The quantitative estimate of drug-likeness (QED) is 0.417. The predicted octanol–water partition coefficient (Wildman–Crippen LogP) is 6.02. The number of carbonyl (C=O) groups excluding carboxylic acids is 3. The van der Waals surface area contributed by atoms with Crippen LogP contribution in [0.4, 0.5) is 11.4 Å². The zero-order valence-electron chi connectivity index (χ0n) is 21.1. The minimum atomic E-state index is -0.568. The molecule has 0 saturated carbocycles. The van der Waals surface area contributed by atoms with E-state index >= 15 is 0 Å². The predicted molar refractivity (Wildman–Crippen MR) is 143 cm³/mol. The number of hydrogen-bond donors (Lipinski definition) is 1. The summed E-state index contributed by atoms with van der Waals surface area (Å²) in [6.45, 7) is 7.99. The van der Waals surface area contributed by atoms with E-state index in [4.69, 9.17) is 4.74 Å². The summed E-state index contributed by atoms with van der Waals surface area (Å²) in [6.07, 6.45) is 0.611. The largest absolute Gasteiger partial charge is 0.455 e. The molecule has 0 bridgehead atoms. The molecule has 2 amide bonds. The van der Waals surface area contributed by atoms with E-state index in [9.17, 15) is 14.4 Å². The molecule has 2 aromatic carbocycles. The smallest absolute Gasteiger partial charge is 0.311 e. The molecule has 188 valence electrons. The van der Waals surface area contributed by atoms with E-state index in [2.05, 4.69) is 26.1 Å². The van der Waals surface area contributed by atoms with Gasteiger partial charge in [0.1, 0.15) is 0 Å². The first-order chi connectivity index (χ1) is 17.1. The third-order valence-corrected chi connectivity index (χ3v) is 7.37. The number of hydrogen-bond acceptors (Lipinski definition) is 5. The lowest BCUT2D eigenvalue weighted by Gasteiger charge is -2.39. The van der Waals surface area contributed by atoms with E-state index in [1.165, 1.54) is 11.3 Å². The van der Waals surface area contributed by atoms with Crippen LogP contribution in [0.5, 0.6) is 0 Å². The van der Waals surface area contributed by atoms with E-state index in [0.29, 0.717) is 12.1 Å². The van der Waals surface area contributed by atoms with Crippen LogP contribution < -0.4 is 10.2 Å². The number of benzene rings is 2. The lowest BCUT2D eigenvalue weighted by atomic mass is 9.87. The number of nitrogens with zero attached hydrogens (tertiary/aromatic N) is 1. The molecule has 1 saturated heterocycles. The molecule has 3 aromatic rings. The summed E-state index contributed by atoms with van der Waals surface area (Å²) in [4.78, 5) is 41.4. The Bertz CT molecular complexity index is 1210. The maximum absolute atomic E-state index is 13.2. The standard InChI is InChI=1S/C29H32N2O4S/c1-19-7-13-22(14-8-19)31-26(33)16-15-23(27(31)24-6-5-17-36-24)28(34)35-18-25(32)30-21-11-9-20(10-12-21)29(2,3)4/h5-14,17,23,27H,15-16,18H2,1-4H3,(H,30,32)/t23-,27+/m1/s1. The zero-order chi connectivity index (χ0) is 25.9. The van der Waals surface area contributed by atoms with Crippen molar-refractivity contribution in [2.45, 2.75) is 52.0 Å². The summed E-state index contributed by atoms with van der Waals surface area (Å²) in [5, 5.41) is 4.72. The highest BCUT2D eigenvalue weighted by Gasteiger charge is 2.43. The first kappa shape index (κ1) is 25.6. The maximum atomic E-state index is 13.2. The number of nitrogens with one attached hydrogen (secondary N) is 1. The van der Waals surface area contributed by atoms with Crippen LogP contribution in [-0.4, -0.2) is 24.4 Å². The average Bonchev–Trinajstić information content (AvgIpc) is 3.37. The summed E-state index contributed by atoms with van der Waals surface area (Å²) in [7, 11) is 0. The van der Waals surface area contributed by atoms with Gasteiger partial charge in [-0.1, -0.05) is 56.7 Å². The molecule has 1 aromatic heterocycles. The molecule has 1 fully saturated rings. The van der Waals surface area contributed by atoms with Crippen LogP contribution in [0.1, 0.15) is 55.7 Å². The second-order valence-corrected chi connectivity index (χ2v) is 11.2. The van der Waals surface area contributed by atoms with Gasteiger partial charge in [-0.25, -0.2) is 0 Å². The molecular formula is C29H32N2O4S. The first-order valence-electron chi connectivity index (χ1n) is 12.1. The van der Waals surface area contributed by atoms with Crippen molar-refractivity contribution in [3.63, 3.8) is 0 Å². The van der Waals surface area contributed by atoms with Gasteiger partial charge in [-0.05, 0) is 60.0 Å². The Kier molecular flexibility index (Phi) is 7.59. The number of piperidine rings is 1. The maximum Gasteiger partial charge on any atom is 0.311 e. The van der Waals surface area contributed by atoms with Crippen molar-refractivity contribution in [3.05, 3.63) is 82.0 Å². The Morgan fingerprint density at radius 2 is 1.75 bits per heavy atom. The van der Waals surface area contributed by atoms with Crippen LogP contribution in [0.3, 0.4) is 0 Å². The van der Waals surface area contributed by atoms with Crippen molar-refractivity contribution in [3.8, 4) is 0 Å². The van der Waals surface area contributed by atoms with Gasteiger partial charge >= 0.3 is 5.97 Å². The Morgan fingerprint density at radius 1 is 1.06 bits per heavy atom. The fraction of sp³-hybridized carbons (Fsp3) is 0.345. The van der Waals surface area contributed by atoms with Crippen LogP contribution in [0.25, 0.3) is 0 Å². The first-order valence-corrected chi connectivity index (χ1v) is 13.0. The van der Waals surface area contributed by atoms with Crippen LogP contribution >= 0.6 is 11.3 Å². The van der Waals surface area contributed by atoms with Crippen LogP contribution in [-0.2, 0) is 24.5 Å². The van der Waals surface area contributed by atoms with E-state index in [1.54, 1.807) is 4.90 Å². The minimum Gasteiger partial charge on any atom is -0.455 e. The molecule has 0 spiro atoms. The number of thiophene rings is 1. The van der Waals surface area contributed by atoms with Crippen molar-refractivity contribution in [2.75, 3.05) is 16.8 Å². The topological polar surface area (TPSA) is 75.7 Å². The zero-order valence-corrected chi connectivity index (χ0v) is 21.9. The Hall–Kier alpha value is -3.45. The summed E-state index contributed by atoms with van der Waals surface area (Å²) >= 11 is 1.50. The molecule has 1 aliphatic rings. The van der Waals surface area contributed by atoms with Gasteiger partial charge in [0, 0.05) is 22.7 Å². The van der Waals surface area contributed by atoms with E-state index < -0.39 is 23.8 Å². The molecule has 4 rings (SSSR count). The van der Waals surface area contributed by atoms with E-state index in [1.807, 2.05) is 73.0 Å². The van der Waals surface area contributed by atoms with Gasteiger partial charge in [0.15, 0.2) is 6.61 Å². The van der Waals surface area contributed by atoms with Crippen LogP contribution in [0, 0.1) is 12.8 Å². The average molecular weight is 505 g/mol. The van der Waals surface area contributed by atoms with Crippen molar-refractivity contribution in [1.82, 2.24) is 0 Å². The van der Waals surface area contributed by atoms with Gasteiger partial charge in [0.25, 0.3) is 5.91 Å². The molecule has 7 heteroatoms. The van der Waals surface area contributed by atoms with Gasteiger partial charge in [-0.15, -0.1) is 11.3 Å². The van der Waals surface area contributed by atoms with Gasteiger partial charge in [0.2, 0.25) is 5.91 Å². The molecule has 2 heterocycles. The molecule has 36 heavy (non-hydrogen) atoms. The van der Waals surface area contributed by atoms with Gasteiger partial charge in [-0.3, -0.25) is 14.4 Å². The van der Waals surface area contributed by atoms with Gasteiger partial charge < -0.3 is 15.0 Å². The molecule has 0 unspecified atom stereocenters. The molecule has 1 N–H and O–H groups in total. The summed E-state index contributed by atoms with van der Waals surface area (Å²) < 4.78 is 5.48. The third kappa shape index (κ3) is 5.85. The Morgan fingerprint density at radius 3 is 2.36 bits per heavy atom. The Labute approximate surface area is 216 Å². The lowest BCUT2D eigenvalue weighted by molar-refractivity contribution is -0.153. The number of amides is 2. The van der Waals surface area contributed by atoms with Gasteiger partial charge in [-0.2, -0.15) is 0 Å². The van der Waals surface area contributed by atoms with Crippen LogP contribution in [0.15, 0.2) is 66.0 Å². The fourth-order valence-electron chi connectivity index (χ4n) is 4.43. The van der Waals surface area contributed by atoms with Crippen molar-refractivity contribution in [2.24, 2.45) is 5.92 Å². The van der Waals surface area contributed by atoms with Crippen molar-refractivity contribution in [1.29, 1.82) is 0 Å². The lowest BCUT2D eigenvalue weighted by Crippen LogP contribution is -2.46. The number of carbonyl (C=O) groups is 3. The minimum absolute atomic E-state index is 0.0189. The number of esters is 1. The Balaban J connectivity index is 1.46.